The molecule has 0 saturated carbocycles. The molecule has 2 N–H and O–H groups in total. The molecule has 216 valence electrons. The van der Waals surface area contributed by atoms with E-state index < -0.39 is 0 Å². The summed E-state index contributed by atoms with van der Waals surface area (Å²) in [5.41, 5.74) is 12.1. The van der Waals surface area contributed by atoms with Crippen LogP contribution in [0, 0.1) is 6.92 Å². The van der Waals surface area contributed by atoms with Crippen LogP contribution in [0.2, 0.25) is 0 Å². The number of fused-ring (bicyclic) bond motifs is 8. The number of benzene rings is 3. The second-order valence-electron chi connectivity index (χ2n) is 11.0. The first kappa shape index (κ1) is 27.1. The van der Waals surface area contributed by atoms with E-state index in [2.05, 4.69) is 99.6 Å². The second kappa shape index (κ2) is 11.2. The van der Waals surface area contributed by atoms with Crippen molar-refractivity contribution in [3.8, 4) is 33.8 Å². The van der Waals surface area contributed by atoms with Crippen LogP contribution in [0.4, 0.5) is 0 Å². The quantitative estimate of drug-likeness (QED) is 0.200. The van der Waals surface area contributed by atoms with Crippen LogP contribution >= 0.6 is 15.9 Å². The molecule has 6 aromatic rings. The first-order valence-corrected chi connectivity index (χ1v) is 15.6. The minimum Gasteiger partial charge on any atom is -0.453 e. The summed E-state index contributed by atoms with van der Waals surface area (Å²) in [5.74, 6) is 1.48. The maximum absolute atomic E-state index is 6.73. The number of rotatable bonds is 4. The average Bonchev–Trinajstić information content (AvgIpc) is 3.90. The van der Waals surface area contributed by atoms with Crippen molar-refractivity contribution in [2.45, 2.75) is 6.92 Å². The number of hydrogen-bond acceptors (Lipinski definition) is 3. The zero-order valence-electron chi connectivity index (χ0n) is 24.4. The van der Waals surface area contributed by atoms with Crippen LogP contribution in [0.5, 0.6) is 11.5 Å². The molecule has 3 aromatic heterocycles. The summed E-state index contributed by atoms with van der Waals surface area (Å²) in [7, 11) is 0. The normalized spacial score (nSPS) is 12.0. The standard InChI is InChI=1S/C39H27BrN4O/c1-24-10-8-9-15-35(24)45-39-33-22-18-29(43-33)36(25-11-4-2-5-12-25)27-16-20-31(41-27)38(40)32-21-17-28(42-32)37(26-13-6-3-7-14-26)30-19-23-34(39)44-30/h2-23,43-44H,1H3. The second-order valence-corrected chi connectivity index (χ2v) is 11.8. The van der Waals surface area contributed by atoms with Crippen LogP contribution in [0.1, 0.15) is 28.3 Å². The summed E-state index contributed by atoms with van der Waals surface area (Å²) in [5, 5.41) is 0. The van der Waals surface area contributed by atoms with E-state index in [1.165, 1.54) is 0 Å². The summed E-state index contributed by atoms with van der Waals surface area (Å²) in [4.78, 5) is 17.6. The smallest absolute Gasteiger partial charge is 0.174 e. The zero-order valence-corrected chi connectivity index (χ0v) is 26.0. The van der Waals surface area contributed by atoms with Gasteiger partial charge in [0.05, 0.1) is 38.3 Å². The number of aromatic amines is 2. The summed E-state index contributed by atoms with van der Waals surface area (Å²) in [6, 6.07) is 37.1. The number of ether oxygens (including phenoxy) is 1. The van der Waals surface area contributed by atoms with Gasteiger partial charge in [-0.25, -0.2) is 9.97 Å². The van der Waals surface area contributed by atoms with E-state index in [4.69, 9.17) is 14.7 Å². The number of aryl methyl sites for hydroxylation is 1. The molecule has 0 saturated heterocycles. The van der Waals surface area contributed by atoms with Crippen molar-refractivity contribution < 1.29 is 4.74 Å². The van der Waals surface area contributed by atoms with E-state index in [1.54, 1.807) is 0 Å². The summed E-state index contributed by atoms with van der Waals surface area (Å²) >= 11 is 3.83. The fraction of sp³-hybridized carbons (Fsp3) is 0.0256. The van der Waals surface area contributed by atoms with Gasteiger partial charge in [-0.1, -0.05) is 78.9 Å². The number of nitrogens with zero attached hydrogens (tertiary/aromatic N) is 2. The van der Waals surface area contributed by atoms with E-state index in [0.717, 1.165) is 82.9 Å². The van der Waals surface area contributed by atoms with Crippen molar-refractivity contribution in [1.29, 1.82) is 0 Å². The lowest BCUT2D eigenvalue weighted by atomic mass is 10.0. The highest BCUT2D eigenvalue weighted by molar-refractivity contribution is 9.10. The van der Waals surface area contributed by atoms with Crippen molar-refractivity contribution in [3.05, 3.63) is 142 Å². The van der Waals surface area contributed by atoms with Gasteiger partial charge < -0.3 is 14.7 Å². The predicted molar refractivity (Wildman–Crippen MR) is 189 cm³/mol. The third-order valence-corrected chi connectivity index (χ3v) is 8.88. The third kappa shape index (κ3) is 4.99. The first-order valence-electron chi connectivity index (χ1n) is 14.8. The van der Waals surface area contributed by atoms with Crippen molar-refractivity contribution in [1.82, 2.24) is 19.9 Å². The van der Waals surface area contributed by atoms with Crippen molar-refractivity contribution in [3.63, 3.8) is 0 Å². The van der Waals surface area contributed by atoms with Crippen molar-refractivity contribution in [2.24, 2.45) is 0 Å². The van der Waals surface area contributed by atoms with Crippen molar-refractivity contribution in [2.75, 3.05) is 0 Å². The van der Waals surface area contributed by atoms with Gasteiger partial charge in [0.15, 0.2) is 5.75 Å². The zero-order chi connectivity index (χ0) is 30.3. The summed E-state index contributed by atoms with van der Waals surface area (Å²) in [6.07, 6.45) is 8.20. The fourth-order valence-corrected chi connectivity index (χ4v) is 6.30. The minimum absolute atomic E-state index is 0.692. The Hall–Kier alpha value is -5.46. The monoisotopic (exact) mass is 646 g/mol. The van der Waals surface area contributed by atoms with E-state index in [0.29, 0.717) is 5.75 Å². The molecule has 2 aliphatic rings. The molecule has 2 aliphatic heterocycles. The highest BCUT2D eigenvalue weighted by Crippen LogP contribution is 2.37. The molecule has 5 nitrogen and oxygen atoms in total. The molecular weight excluding hydrogens is 620 g/mol. The van der Waals surface area contributed by atoms with E-state index >= 15 is 0 Å². The van der Waals surface area contributed by atoms with E-state index in [9.17, 15) is 0 Å². The number of halogens is 1. The van der Waals surface area contributed by atoms with Gasteiger partial charge in [0, 0.05) is 22.2 Å². The molecule has 6 heteroatoms. The van der Waals surface area contributed by atoms with Gasteiger partial charge in [-0.15, -0.1) is 0 Å². The Morgan fingerprint density at radius 2 is 0.956 bits per heavy atom. The Morgan fingerprint density at radius 3 is 1.47 bits per heavy atom. The molecule has 0 atom stereocenters. The van der Waals surface area contributed by atoms with Crippen LogP contribution in [-0.2, 0) is 0 Å². The van der Waals surface area contributed by atoms with Gasteiger partial charge in [-0.3, -0.25) is 0 Å². The van der Waals surface area contributed by atoms with Crippen LogP contribution < -0.4 is 4.74 Å². The Balaban J connectivity index is 1.52. The molecule has 0 aliphatic carbocycles. The van der Waals surface area contributed by atoms with Gasteiger partial charge >= 0.3 is 0 Å². The van der Waals surface area contributed by atoms with E-state index in [1.807, 2.05) is 66.7 Å². The van der Waals surface area contributed by atoms with Crippen LogP contribution in [0.25, 0.3) is 68.6 Å². The van der Waals surface area contributed by atoms with Gasteiger partial charge in [-0.2, -0.15) is 0 Å². The largest absolute Gasteiger partial charge is 0.453 e. The maximum atomic E-state index is 6.73. The Labute approximate surface area is 268 Å². The lowest BCUT2D eigenvalue weighted by Gasteiger charge is -2.09. The first-order chi connectivity index (χ1) is 22.1. The van der Waals surface area contributed by atoms with Crippen molar-refractivity contribution >= 4 is 62.3 Å². The molecular formula is C39H27BrN4O. The minimum atomic E-state index is 0.692. The highest BCUT2D eigenvalue weighted by Gasteiger charge is 2.17. The predicted octanol–water partition coefficient (Wildman–Crippen LogP) is 10.9. The lowest BCUT2D eigenvalue weighted by molar-refractivity contribution is 0.487. The van der Waals surface area contributed by atoms with Crippen LogP contribution in [0.15, 0.2) is 114 Å². The molecule has 0 fully saturated rings. The third-order valence-electron chi connectivity index (χ3n) is 8.07. The van der Waals surface area contributed by atoms with Crippen LogP contribution in [0.3, 0.4) is 0 Å². The fourth-order valence-electron chi connectivity index (χ4n) is 5.85. The number of hydrogen-bond donors (Lipinski definition) is 2. The van der Waals surface area contributed by atoms with Gasteiger partial charge in [-0.05, 0) is 94.2 Å². The van der Waals surface area contributed by atoms with E-state index in [-0.39, 0.29) is 0 Å². The molecule has 8 rings (SSSR count). The van der Waals surface area contributed by atoms with Gasteiger partial charge in [0.25, 0.3) is 0 Å². The van der Waals surface area contributed by atoms with Crippen LogP contribution in [-0.4, -0.2) is 19.9 Å². The SMILES string of the molecule is Cc1ccccc1Oc1c2ccc([nH]2)c(-c2ccccc2)c2nc(c(Br)c3nc(c(-c4ccccc4)c4ccc1[nH]4)C=C3)C=C2. The average molecular weight is 648 g/mol. The summed E-state index contributed by atoms with van der Waals surface area (Å²) < 4.78 is 7.57. The molecule has 5 heterocycles. The molecule has 8 bridgehead atoms. The maximum Gasteiger partial charge on any atom is 0.174 e. The number of para-hydroxylation sites is 1. The number of nitrogens with one attached hydrogen (secondary N) is 2. The molecule has 0 spiro atoms. The molecule has 0 unspecified atom stereocenters. The summed E-state index contributed by atoms with van der Waals surface area (Å²) in [6.45, 7) is 2.06. The Bertz CT molecular complexity index is 2180. The van der Waals surface area contributed by atoms with Gasteiger partial charge in [0.1, 0.15) is 5.75 Å². The molecule has 3 aromatic carbocycles. The lowest BCUT2D eigenvalue weighted by Crippen LogP contribution is -1.90. The number of H-pyrrole nitrogens is 2. The highest BCUT2D eigenvalue weighted by atomic mass is 79.9. The molecule has 0 amide bonds. The topological polar surface area (TPSA) is 66.6 Å². The van der Waals surface area contributed by atoms with Gasteiger partial charge in [0.2, 0.25) is 0 Å². The Morgan fingerprint density at radius 1 is 0.511 bits per heavy atom. The number of aromatic nitrogens is 4. The molecule has 0 radical (unpaired) electrons. The Kier molecular flexibility index (Phi) is 6.77. The molecule has 45 heavy (non-hydrogen) atoms.